The molecule has 0 N–H and O–H groups in total. The van der Waals surface area contributed by atoms with Crippen molar-refractivity contribution in [1.82, 2.24) is 9.88 Å². The lowest BCUT2D eigenvalue weighted by atomic mass is 9.88. The van der Waals surface area contributed by atoms with Crippen molar-refractivity contribution in [3.63, 3.8) is 0 Å². The molecule has 0 radical (unpaired) electrons. The van der Waals surface area contributed by atoms with Crippen molar-refractivity contribution >= 4 is 5.57 Å². The first kappa shape index (κ1) is 22.6. The van der Waals surface area contributed by atoms with Gasteiger partial charge in [0.1, 0.15) is 18.1 Å². The summed E-state index contributed by atoms with van der Waals surface area (Å²) in [5, 5.41) is 0. The number of likely N-dealkylation sites (tertiary alicyclic amines) is 1. The van der Waals surface area contributed by atoms with Crippen LogP contribution in [0.15, 0.2) is 42.6 Å². The first-order chi connectivity index (χ1) is 15.6. The molecule has 0 bridgehead atoms. The largest absolute Gasteiger partial charge is 0.492 e. The molecular formula is C28H33FN2O. The zero-order valence-corrected chi connectivity index (χ0v) is 19.2. The molecule has 0 amide bonds. The fourth-order valence-electron chi connectivity index (χ4n) is 4.28. The van der Waals surface area contributed by atoms with Gasteiger partial charge in [-0.1, -0.05) is 25.8 Å². The number of allylic oxidation sites excluding steroid dienone is 2. The van der Waals surface area contributed by atoms with Crippen molar-refractivity contribution in [1.29, 1.82) is 0 Å². The molecule has 4 rings (SSSR count). The van der Waals surface area contributed by atoms with Crippen molar-refractivity contribution < 1.29 is 9.13 Å². The van der Waals surface area contributed by atoms with Crippen molar-refractivity contribution in [2.45, 2.75) is 46.0 Å². The third kappa shape index (κ3) is 6.20. The lowest BCUT2D eigenvalue weighted by Crippen LogP contribution is -2.35. The molecular weight excluding hydrogens is 399 g/mol. The summed E-state index contributed by atoms with van der Waals surface area (Å²) in [7, 11) is 0. The van der Waals surface area contributed by atoms with Gasteiger partial charge in [0, 0.05) is 18.3 Å². The predicted octanol–water partition coefficient (Wildman–Crippen LogP) is 5.93. The van der Waals surface area contributed by atoms with Crippen LogP contribution in [0, 0.1) is 29.5 Å². The number of halogens is 1. The second-order valence-electron chi connectivity index (χ2n) is 9.31. The van der Waals surface area contributed by atoms with E-state index in [0.29, 0.717) is 12.5 Å². The number of aromatic nitrogens is 1. The Morgan fingerprint density at radius 1 is 1.06 bits per heavy atom. The summed E-state index contributed by atoms with van der Waals surface area (Å²) in [6.07, 6.45) is 9.70. The second-order valence-corrected chi connectivity index (χ2v) is 9.31. The van der Waals surface area contributed by atoms with E-state index in [1.807, 2.05) is 24.3 Å². The van der Waals surface area contributed by atoms with Crippen LogP contribution in [0.3, 0.4) is 0 Å². The van der Waals surface area contributed by atoms with Gasteiger partial charge in [-0.05, 0) is 104 Å². The topological polar surface area (TPSA) is 25.4 Å². The van der Waals surface area contributed by atoms with Crippen molar-refractivity contribution in [2.75, 3.05) is 26.2 Å². The van der Waals surface area contributed by atoms with Crippen molar-refractivity contribution in [3.05, 3.63) is 65.2 Å². The summed E-state index contributed by atoms with van der Waals surface area (Å²) < 4.78 is 20.4. The van der Waals surface area contributed by atoms with E-state index in [1.165, 1.54) is 31.5 Å². The fourth-order valence-corrected chi connectivity index (χ4v) is 4.28. The molecule has 1 aromatic carbocycles. The van der Waals surface area contributed by atoms with Gasteiger partial charge in [-0.15, -0.1) is 0 Å². The average Bonchev–Trinajstić information content (AvgIpc) is 2.81. The summed E-state index contributed by atoms with van der Waals surface area (Å²) >= 11 is 0. The molecule has 1 fully saturated rings. The maximum absolute atomic E-state index is 14.5. The van der Waals surface area contributed by atoms with Crippen molar-refractivity contribution in [3.8, 4) is 17.6 Å². The number of rotatable bonds is 5. The normalized spacial score (nSPS) is 19.7. The number of ether oxygens (including phenoxy) is 1. The minimum Gasteiger partial charge on any atom is -0.492 e. The molecule has 0 saturated carbocycles. The molecule has 32 heavy (non-hydrogen) atoms. The SMILES string of the molecule is CC1CC=C(c2cnc(C#Cc3ccc(OCCN4CCC(C)CC4)cc3)c(F)c2)CC1. The molecule has 2 heterocycles. The quantitative estimate of drug-likeness (QED) is 0.547. The van der Waals surface area contributed by atoms with E-state index in [-0.39, 0.29) is 11.5 Å². The molecule has 2 aliphatic rings. The maximum Gasteiger partial charge on any atom is 0.158 e. The Balaban J connectivity index is 1.30. The monoisotopic (exact) mass is 432 g/mol. The molecule has 1 unspecified atom stereocenters. The maximum atomic E-state index is 14.5. The summed E-state index contributed by atoms with van der Waals surface area (Å²) in [5.41, 5.74) is 3.08. The number of hydrogen-bond acceptors (Lipinski definition) is 3. The van der Waals surface area contributed by atoms with Gasteiger partial charge in [0.2, 0.25) is 0 Å². The fraction of sp³-hybridized carbons (Fsp3) is 0.464. The van der Waals surface area contributed by atoms with Crippen molar-refractivity contribution in [2.24, 2.45) is 11.8 Å². The van der Waals surface area contributed by atoms with Gasteiger partial charge in [-0.3, -0.25) is 4.90 Å². The van der Waals surface area contributed by atoms with Crippen LogP contribution in [0.5, 0.6) is 5.75 Å². The van der Waals surface area contributed by atoms with Crippen LogP contribution < -0.4 is 4.74 Å². The molecule has 0 spiro atoms. The molecule has 1 saturated heterocycles. The number of benzene rings is 1. The Hall–Kier alpha value is -2.64. The van der Waals surface area contributed by atoms with Gasteiger partial charge in [0.25, 0.3) is 0 Å². The van der Waals surface area contributed by atoms with Gasteiger partial charge >= 0.3 is 0 Å². The number of hydrogen-bond donors (Lipinski definition) is 0. The zero-order chi connectivity index (χ0) is 22.3. The predicted molar refractivity (Wildman–Crippen MR) is 128 cm³/mol. The number of piperidine rings is 1. The minimum absolute atomic E-state index is 0.190. The molecule has 4 heteroatoms. The second kappa shape index (κ2) is 10.8. The minimum atomic E-state index is -0.360. The summed E-state index contributed by atoms with van der Waals surface area (Å²) in [6, 6.07) is 9.23. The third-order valence-corrected chi connectivity index (χ3v) is 6.62. The van der Waals surface area contributed by atoms with Gasteiger partial charge in [-0.2, -0.15) is 0 Å². The molecule has 1 aliphatic heterocycles. The molecule has 1 aromatic heterocycles. The van der Waals surface area contributed by atoms with Gasteiger partial charge < -0.3 is 4.74 Å². The first-order valence-corrected chi connectivity index (χ1v) is 11.9. The summed E-state index contributed by atoms with van der Waals surface area (Å²) in [5.74, 6) is 7.92. The smallest absolute Gasteiger partial charge is 0.158 e. The highest BCUT2D eigenvalue weighted by molar-refractivity contribution is 5.66. The van der Waals surface area contributed by atoms with Crippen LogP contribution in [0.1, 0.15) is 62.8 Å². The van der Waals surface area contributed by atoms with E-state index >= 15 is 0 Å². The molecule has 1 atom stereocenters. The molecule has 2 aromatic rings. The lowest BCUT2D eigenvalue weighted by molar-refractivity contribution is 0.160. The summed E-state index contributed by atoms with van der Waals surface area (Å²) in [6.45, 7) is 8.57. The van der Waals surface area contributed by atoms with Gasteiger partial charge in [-0.25, -0.2) is 9.37 Å². The van der Waals surface area contributed by atoms with E-state index in [1.54, 1.807) is 12.3 Å². The van der Waals surface area contributed by atoms with E-state index in [0.717, 1.165) is 48.6 Å². The van der Waals surface area contributed by atoms with Crippen LogP contribution in [-0.4, -0.2) is 36.1 Å². The van der Waals surface area contributed by atoms with Crippen LogP contribution in [-0.2, 0) is 0 Å². The number of pyridine rings is 1. The number of nitrogens with zero attached hydrogens (tertiary/aromatic N) is 2. The highest BCUT2D eigenvalue weighted by atomic mass is 19.1. The van der Waals surface area contributed by atoms with Crippen LogP contribution >= 0.6 is 0 Å². The highest BCUT2D eigenvalue weighted by Gasteiger charge is 2.15. The third-order valence-electron chi connectivity index (χ3n) is 6.62. The molecule has 1 aliphatic carbocycles. The zero-order valence-electron chi connectivity index (χ0n) is 19.2. The average molecular weight is 433 g/mol. The Morgan fingerprint density at radius 3 is 2.53 bits per heavy atom. The summed E-state index contributed by atoms with van der Waals surface area (Å²) in [4.78, 5) is 6.75. The van der Waals surface area contributed by atoms with Crippen LogP contribution in [0.2, 0.25) is 0 Å². The highest BCUT2D eigenvalue weighted by Crippen LogP contribution is 2.30. The van der Waals surface area contributed by atoms with Gasteiger partial charge in [0.15, 0.2) is 5.82 Å². The van der Waals surface area contributed by atoms with E-state index < -0.39 is 0 Å². The standard InChI is InChI=1S/C28H33FN2O/c1-21-3-8-24(9-4-21)25-19-27(29)28(30-20-25)12-7-23-5-10-26(11-6-23)32-18-17-31-15-13-22(2)14-16-31/h5-6,8,10-11,19-22H,3-4,9,13-18H2,1-2H3. The van der Waals surface area contributed by atoms with E-state index in [9.17, 15) is 4.39 Å². The van der Waals surface area contributed by atoms with Crippen LogP contribution in [0.4, 0.5) is 4.39 Å². The van der Waals surface area contributed by atoms with Gasteiger partial charge in [0.05, 0.1) is 0 Å². The Kier molecular flexibility index (Phi) is 7.60. The molecule has 168 valence electrons. The lowest BCUT2D eigenvalue weighted by Gasteiger charge is -2.29. The van der Waals surface area contributed by atoms with E-state index in [4.69, 9.17) is 4.74 Å². The Morgan fingerprint density at radius 2 is 1.84 bits per heavy atom. The Bertz CT molecular complexity index is 994. The van der Waals surface area contributed by atoms with Crippen LogP contribution in [0.25, 0.3) is 5.57 Å². The van der Waals surface area contributed by atoms with E-state index in [2.05, 4.69) is 41.6 Å². The first-order valence-electron chi connectivity index (χ1n) is 11.9. The Labute approximate surface area is 191 Å². The molecule has 3 nitrogen and oxygen atoms in total.